The zero-order valence-electron chi connectivity index (χ0n) is 12.6. The Kier molecular flexibility index (Phi) is 5.21. The normalized spacial score (nSPS) is 29.4. The first-order valence-corrected chi connectivity index (χ1v) is 8.64. The molecular weight excluding hydrogens is 258 g/mol. The van der Waals surface area contributed by atoms with Gasteiger partial charge in [-0.3, -0.25) is 0 Å². The average Bonchev–Trinajstić information content (AvgIpc) is 2.39. The van der Waals surface area contributed by atoms with Crippen LogP contribution in [0.25, 0.3) is 0 Å². The molecule has 2 N–H and O–H groups in total. The Bertz CT molecular complexity index is 284. The lowest BCUT2D eigenvalue weighted by Crippen LogP contribution is -2.48. The predicted octanol–water partition coefficient (Wildman–Crippen LogP) is 2.82. The summed E-state index contributed by atoms with van der Waals surface area (Å²) in [6, 6.07) is 0.227. The molecule has 0 amide bonds. The highest BCUT2D eigenvalue weighted by Gasteiger charge is 2.41. The average molecular weight is 287 g/mol. The maximum atomic E-state index is 6.46. The monoisotopic (exact) mass is 287 g/mol. The summed E-state index contributed by atoms with van der Waals surface area (Å²) in [5.74, 6) is 3.07. The van der Waals surface area contributed by atoms with Crippen molar-refractivity contribution in [2.24, 2.45) is 11.7 Å². The Balaban J connectivity index is 1.93. The zero-order valence-corrected chi connectivity index (χ0v) is 13.4. The molecule has 0 aromatic carbocycles. The Morgan fingerprint density at radius 3 is 2.74 bits per heavy atom. The van der Waals surface area contributed by atoms with E-state index < -0.39 is 0 Å². The van der Waals surface area contributed by atoms with Gasteiger partial charge in [0.05, 0.1) is 11.2 Å². The van der Waals surface area contributed by atoms with Gasteiger partial charge in [0, 0.05) is 19.8 Å². The summed E-state index contributed by atoms with van der Waals surface area (Å²) in [4.78, 5) is 0. The third-order valence-corrected chi connectivity index (χ3v) is 5.81. The lowest BCUT2D eigenvalue weighted by Gasteiger charge is -2.45. The van der Waals surface area contributed by atoms with Gasteiger partial charge in [0.15, 0.2) is 0 Å². The summed E-state index contributed by atoms with van der Waals surface area (Å²) in [5, 5.41) is 0. The van der Waals surface area contributed by atoms with E-state index in [9.17, 15) is 0 Å². The largest absolute Gasteiger partial charge is 0.379 e. The molecule has 0 aromatic heterocycles. The van der Waals surface area contributed by atoms with Gasteiger partial charge < -0.3 is 15.2 Å². The number of methoxy groups -OCH3 is 1. The third-order valence-electron chi connectivity index (χ3n) is 4.82. The molecule has 0 saturated carbocycles. The first-order valence-electron chi connectivity index (χ1n) is 7.49. The van der Waals surface area contributed by atoms with Gasteiger partial charge in [-0.15, -0.1) is 0 Å². The second-order valence-corrected chi connectivity index (χ2v) is 7.95. The molecule has 0 aliphatic carbocycles. The molecule has 2 saturated heterocycles. The van der Waals surface area contributed by atoms with Crippen molar-refractivity contribution in [3.63, 3.8) is 0 Å². The molecule has 0 aromatic rings. The maximum Gasteiger partial charge on any atom is 0.0701 e. The van der Waals surface area contributed by atoms with E-state index in [2.05, 4.69) is 25.6 Å². The van der Waals surface area contributed by atoms with Crippen LogP contribution in [0.2, 0.25) is 0 Å². The van der Waals surface area contributed by atoms with Crippen LogP contribution in [-0.4, -0.2) is 42.5 Å². The van der Waals surface area contributed by atoms with Crippen molar-refractivity contribution in [3.05, 3.63) is 0 Å². The molecule has 3 nitrogen and oxygen atoms in total. The fourth-order valence-electron chi connectivity index (χ4n) is 3.34. The SMILES string of the molecule is COC(C)(C)CC(N)C1CCOC2(CCSCC2)C1. The Hall–Kier alpha value is 0.230. The van der Waals surface area contributed by atoms with Crippen LogP contribution in [0.4, 0.5) is 0 Å². The van der Waals surface area contributed by atoms with E-state index in [1.54, 1.807) is 7.11 Å². The number of thioether (sulfide) groups is 1. The van der Waals surface area contributed by atoms with Gasteiger partial charge in [0.1, 0.15) is 0 Å². The van der Waals surface area contributed by atoms with Crippen LogP contribution < -0.4 is 5.73 Å². The first kappa shape index (κ1) is 15.6. The van der Waals surface area contributed by atoms with E-state index in [-0.39, 0.29) is 17.2 Å². The van der Waals surface area contributed by atoms with E-state index in [4.69, 9.17) is 15.2 Å². The molecule has 2 atom stereocenters. The molecule has 2 heterocycles. The molecule has 2 aliphatic heterocycles. The van der Waals surface area contributed by atoms with E-state index in [1.807, 2.05) is 0 Å². The Morgan fingerprint density at radius 2 is 2.11 bits per heavy atom. The third kappa shape index (κ3) is 4.10. The van der Waals surface area contributed by atoms with Gasteiger partial charge in [0.2, 0.25) is 0 Å². The fraction of sp³-hybridized carbons (Fsp3) is 1.00. The highest BCUT2D eigenvalue weighted by molar-refractivity contribution is 7.99. The van der Waals surface area contributed by atoms with Crippen LogP contribution in [-0.2, 0) is 9.47 Å². The summed E-state index contributed by atoms with van der Waals surface area (Å²) in [6.45, 7) is 5.13. The van der Waals surface area contributed by atoms with Crippen molar-refractivity contribution in [3.8, 4) is 0 Å². The number of hydrogen-bond acceptors (Lipinski definition) is 4. The van der Waals surface area contributed by atoms with Crippen LogP contribution >= 0.6 is 11.8 Å². The minimum absolute atomic E-state index is 0.118. The van der Waals surface area contributed by atoms with Crippen LogP contribution in [0.3, 0.4) is 0 Å². The van der Waals surface area contributed by atoms with Gasteiger partial charge in [-0.25, -0.2) is 0 Å². The summed E-state index contributed by atoms with van der Waals surface area (Å²) in [6.07, 6.45) is 5.59. The minimum Gasteiger partial charge on any atom is -0.379 e. The number of ether oxygens (including phenoxy) is 2. The summed E-state index contributed by atoms with van der Waals surface area (Å²) in [7, 11) is 1.77. The van der Waals surface area contributed by atoms with Crippen LogP contribution in [0.15, 0.2) is 0 Å². The highest BCUT2D eigenvalue weighted by atomic mass is 32.2. The second-order valence-electron chi connectivity index (χ2n) is 6.73. The number of rotatable bonds is 4. The van der Waals surface area contributed by atoms with Crippen molar-refractivity contribution in [2.75, 3.05) is 25.2 Å². The van der Waals surface area contributed by atoms with Crippen molar-refractivity contribution in [2.45, 2.75) is 63.2 Å². The fourth-order valence-corrected chi connectivity index (χ4v) is 4.58. The lowest BCUT2D eigenvalue weighted by atomic mass is 9.76. The molecule has 2 rings (SSSR count). The van der Waals surface area contributed by atoms with Gasteiger partial charge >= 0.3 is 0 Å². The van der Waals surface area contributed by atoms with Crippen molar-refractivity contribution in [1.82, 2.24) is 0 Å². The molecule has 0 radical (unpaired) electrons. The van der Waals surface area contributed by atoms with E-state index in [0.29, 0.717) is 5.92 Å². The van der Waals surface area contributed by atoms with Crippen molar-refractivity contribution in [1.29, 1.82) is 0 Å². The molecule has 112 valence electrons. The first-order chi connectivity index (χ1) is 8.96. The van der Waals surface area contributed by atoms with Crippen molar-refractivity contribution >= 4 is 11.8 Å². The van der Waals surface area contributed by atoms with Gasteiger partial charge in [-0.05, 0) is 63.4 Å². The zero-order chi connectivity index (χ0) is 13.9. The maximum absolute atomic E-state index is 6.46. The summed E-state index contributed by atoms with van der Waals surface area (Å²) in [5.41, 5.74) is 6.48. The molecule has 1 spiro atoms. The summed E-state index contributed by atoms with van der Waals surface area (Å²) < 4.78 is 11.7. The molecular formula is C15H29NO2S. The molecule has 4 heteroatoms. The Morgan fingerprint density at radius 1 is 1.42 bits per heavy atom. The van der Waals surface area contributed by atoms with E-state index in [1.165, 1.54) is 24.3 Å². The smallest absolute Gasteiger partial charge is 0.0701 e. The van der Waals surface area contributed by atoms with Gasteiger partial charge in [-0.1, -0.05) is 0 Å². The standard InChI is InChI=1S/C15H29NO2S/c1-14(2,17-3)11-13(16)12-4-7-18-15(10-12)5-8-19-9-6-15/h12-13H,4-11,16H2,1-3H3. The molecule has 2 fully saturated rings. The predicted molar refractivity (Wildman–Crippen MR) is 81.6 cm³/mol. The van der Waals surface area contributed by atoms with Crippen LogP contribution in [0.1, 0.15) is 46.0 Å². The van der Waals surface area contributed by atoms with Gasteiger partial charge in [-0.2, -0.15) is 11.8 Å². The Labute approximate surface area is 122 Å². The molecule has 19 heavy (non-hydrogen) atoms. The van der Waals surface area contributed by atoms with Crippen LogP contribution in [0, 0.1) is 5.92 Å². The summed E-state index contributed by atoms with van der Waals surface area (Å²) >= 11 is 2.05. The lowest BCUT2D eigenvalue weighted by molar-refractivity contribution is -0.109. The number of hydrogen-bond donors (Lipinski definition) is 1. The quantitative estimate of drug-likeness (QED) is 0.863. The second kappa shape index (κ2) is 6.33. The minimum atomic E-state index is -0.118. The molecule has 2 unspecified atom stereocenters. The van der Waals surface area contributed by atoms with Crippen LogP contribution in [0.5, 0.6) is 0 Å². The highest BCUT2D eigenvalue weighted by Crippen LogP contribution is 2.41. The van der Waals surface area contributed by atoms with E-state index in [0.717, 1.165) is 25.9 Å². The van der Waals surface area contributed by atoms with Gasteiger partial charge in [0.25, 0.3) is 0 Å². The van der Waals surface area contributed by atoms with Crippen molar-refractivity contribution < 1.29 is 9.47 Å². The topological polar surface area (TPSA) is 44.5 Å². The molecule has 2 aliphatic rings. The van der Waals surface area contributed by atoms with E-state index >= 15 is 0 Å². The molecule has 0 bridgehead atoms. The number of nitrogens with two attached hydrogens (primary N) is 1.